The van der Waals surface area contributed by atoms with E-state index in [4.69, 9.17) is 0 Å². The molecular weight excluding hydrogens is 305 g/mol. The molecule has 5 heteroatoms. The van der Waals surface area contributed by atoms with Crippen molar-refractivity contribution in [2.75, 3.05) is 50.1 Å². The van der Waals surface area contributed by atoms with Crippen molar-refractivity contribution in [1.82, 2.24) is 4.90 Å². The maximum Gasteiger partial charge on any atom is 0.258 e. The van der Waals surface area contributed by atoms with E-state index in [1.54, 1.807) is 17.0 Å². The SMILES string of the molecule is CN(C)CCN1CCN(C(=O)c2ccc(F)cc2)c2ccccc21. The molecule has 2 aromatic rings. The summed E-state index contributed by atoms with van der Waals surface area (Å²) in [5.74, 6) is -0.421. The van der Waals surface area contributed by atoms with Gasteiger partial charge in [0.1, 0.15) is 5.82 Å². The lowest BCUT2D eigenvalue weighted by atomic mass is 10.1. The number of hydrogen-bond donors (Lipinski definition) is 0. The highest BCUT2D eigenvalue weighted by molar-refractivity contribution is 6.08. The van der Waals surface area contributed by atoms with Crippen LogP contribution in [0.25, 0.3) is 0 Å². The Kier molecular flexibility index (Phi) is 4.81. The number of nitrogens with zero attached hydrogens (tertiary/aromatic N) is 3. The van der Waals surface area contributed by atoms with Crippen molar-refractivity contribution < 1.29 is 9.18 Å². The first-order valence-corrected chi connectivity index (χ1v) is 8.12. The predicted molar refractivity (Wildman–Crippen MR) is 95.3 cm³/mol. The molecule has 0 radical (unpaired) electrons. The molecule has 1 amide bonds. The molecule has 4 nitrogen and oxygen atoms in total. The van der Waals surface area contributed by atoms with Crippen molar-refractivity contribution in [3.63, 3.8) is 0 Å². The van der Waals surface area contributed by atoms with Gasteiger partial charge in [0.05, 0.1) is 11.4 Å². The second-order valence-corrected chi connectivity index (χ2v) is 6.24. The lowest BCUT2D eigenvalue weighted by Crippen LogP contribution is -2.45. The number of likely N-dealkylation sites (N-methyl/N-ethyl adjacent to an activating group) is 1. The molecule has 0 N–H and O–H groups in total. The molecular formula is C19H22FN3O. The molecule has 0 atom stereocenters. The summed E-state index contributed by atoms with van der Waals surface area (Å²) in [4.78, 5) is 19.1. The van der Waals surface area contributed by atoms with E-state index in [2.05, 4.69) is 30.0 Å². The summed E-state index contributed by atoms with van der Waals surface area (Å²) in [5, 5.41) is 0. The summed E-state index contributed by atoms with van der Waals surface area (Å²) in [5.41, 5.74) is 2.49. The summed E-state index contributed by atoms with van der Waals surface area (Å²) in [7, 11) is 4.11. The highest BCUT2D eigenvalue weighted by Crippen LogP contribution is 2.33. The van der Waals surface area contributed by atoms with Crippen LogP contribution in [0.4, 0.5) is 15.8 Å². The lowest BCUT2D eigenvalue weighted by molar-refractivity contribution is 0.0986. The Hall–Kier alpha value is -2.40. The minimum atomic E-state index is -0.333. The Labute approximate surface area is 142 Å². The zero-order valence-corrected chi connectivity index (χ0v) is 14.1. The Balaban J connectivity index is 1.86. The van der Waals surface area contributed by atoms with Gasteiger partial charge in [-0.05, 0) is 50.5 Å². The van der Waals surface area contributed by atoms with Crippen LogP contribution in [-0.4, -0.2) is 51.1 Å². The van der Waals surface area contributed by atoms with E-state index in [1.807, 2.05) is 18.2 Å². The van der Waals surface area contributed by atoms with Crippen molar-refractivity contribution >= 4 is 17.3 Å². The highest BCUT2D eigenvalue weighted by Gasteiger charge is 2.27. The normalized spacial score (nSPS) is 14.0. The second kappa shape index (κ2) is 7.01. The van der Waals surface area contributed by atoms with E-state index in [1.165, 1.54) is 12.1 Å². The molecule has 0 aromatic heterocycles. The molecule has 1 aliphatic rings. The smallest absolute Gasteiger partial charge is 0.258 e. The number of rotatable bonds is 4. The zero-order valence-electron chi connectivity index (χ0n) is 14.1. The van der Waals surface area contributed by atoms with Crippen molar-refractivity contribution in [3.05, 3.63) is 59.9 Å². The first kappa shape index (κ1) is 16.5. The van der Waals surface area contributed by atoms with Crippen molar-refractivity contribution in [2.45, 2.75) is 0 Å². The van der Waals surface area contributed by atoms with Crippen LogP contribution in [0, 0.1) is 5.82 Å². The number of carbonyl (C=O) groups excluding carboxylic acids is 1. The monoisotopic (exact) mass is 327 g/mol. The molecule has 0 fully saturated rings. The van der Waals surface area contributed by atoms with Gasteiger partial charge in [-0.25, -0.2) is 4.39 Å². The number of carbonyl (C=O) groups is 1. The van der Waals surface area contributed by atoms with Crippen molar-refractivity contribution in [3.8, 4) is 0 Å². The average molecular weight is 327 g/mol. The molecule has 0 saturated carbocycles. The molecule has 1 heterocycles. The highest BCUT2D eigenvalue weighted by atomic mass is 19.1. The van der Waals surface area contributed by atoms with Gasteiger partial charge in [-0.15, -0.1) is 0 Å². The fourth-order valence-corrected chi connectivity index (χ4v) is 2.93. The summed E-state index contributed by atoms with van der Waals surface area (Å²) < 4.78 is 13.1. The quantitative estimate of drug-likeness (QED) is 0.864. The Morgan fingerprint density at radius 1 is 1.04 bits per heavy atom. The van der Waals surface area contributed by atoms with Gasteiger partial charge in [0.15, 0.2) is 0 Å². The van der Waals surface area contributed by atoms with Crippen molar-refractivity contribution in [1.29, 1.82) is 0 Å². The van der Waals surface area contributed by atoms with E-state index in [-0.39, 0.29) is 11.7 Å². The third kappa shape index (κ3) is 3.41. The third-order valence-electron chi connectivity index (χ3n) is 4.26. The van der Waals surface area contributed by atoms with Gasteiger partial charge in [0, 0.05) is 31.7 Å². The topological polar surface area (TPSA) is 26.8 Å². The second-order valence-electron chi connectivity index (χ2n) is 6.24. The minimum absolute atomic E-state index is 0.0882. The van der Waals surface area contributed by atoms with Crippen LogP contribution >= 0.6 is 0 Å². The molecule has 0 bridgehead atoms. The summed E-state index contributed by atoms with van der Waals surface area (Å²) in [6, 6.07) is 13.7. The molecule has 126 valence electrons. The number of anilines is 2. The minimum Gasteiger partial charge on any atom is -0.367 e. The zero-order chi connectivity index (χ0) is 17.1. The van der Waals surface area contributed by atoms with E-state index >= 15 is 0 Å². The Bertz CT molecular complexity index is 715. The number of amides is 1. The summed E-state index contributed by atoms with van der Waals surface area (Å²) in [6.45, 7) is 3.29. The van der Waals surface area contributed by atoms with E-state index in [0.29, 0.717) is 12.1 Å². The standard InChI is InChI=1S/C19H22FN3O/c1-21(2)11-12-22-13-14-23(18-6-4-3-5-17(18)22)19(24)15-7-9-16(20)10-8-15/h3-10H,11-14H2,1-2H3. The van der Waals surface area contributed by atoms with Crippen LogP contribution in [0.3, 0.4) is 0 Å². The van der Waals surface area contributed by atoms with Gasteiger partial charge in [0.25, 0.3) is 5.91 Å². The molecule has 0 unspecified atom stereocenters. The number of fused-ring (bicyclic) bond motifs is 1. The maximum absolute atomic E-state index is 13.1. The van der Waals surface area contributed by atoms with Crippen LogP contribution in [0.2, 0.25) is 0 Å². The average Bonchev–Trinajstić information content (AvgIpc) is 2.59. The number of benzene rings is 2. The van der Waals surface area contributed by atoms with Gasteiger partial charge in [0.2, 0.25) is 0 Å². The number of para-hydroxylation sites is 2. The first-order chi connectivity index (χ1) is 11.6. The van der Waals surface area contributed by atoms with Gasteiger partial charge >= 0.3 is 0 Å². The van der Waals surface area contributed by atoms with Crippen LogP contribution in [0.15, 0.2) is 48.5 Å². The molecule has 1 aliphatic heterocycles. The number of hydrogen-bond acceptors (Lipinski definition) is 3. The Morgan fingerprint density at radius 3 is 2.38 bits per heavy atom. The van der Waals surface area contributed by atoms with E-state index in [9.17, 15) is 9.18 Å². The fourth-order valence-electron chi connectivity index (χ4n) is 2.93. The van der Waals surface area contributed by atoms with Crippen LogP contribution < -0.4 is 9.80 Å². The van der Waals surface area contributed by atoms with Gasteiger partial charge in [-0.2, -0.15) is 0 Å². The van der Waals surface area contributed by atoms with Gasteiger partial charge in [-0.1, -0.05) is 12.1 Å². The molecule has 3 rings (SSSR count). The van der Waals surface area contributed by atoms with Crippen LogP contribution in [0.1, 0.15) is 10.4 Å². The van der Waals surface area contributed by atoms with Crippen LogP contribution in [0.5, 0.6) is 0 Å². The largest absolute Gasteiger partial charge is 0.367 e. The van der Waals surface area contributed by atoms with Crippen molar-refractivity contribution in [2.24, 2.45) is 0 Å². The molecule has 0 aliphatic carbocycles. The third-order valence-corrected chi connectivity index (χ3v) is 4.26. The summed E-state index contributed by atoms with van der Waals surface area (Å²) in [6.07, 6.45) is 0. The molecule has 0 spiro atoms. The van der Waals surface area contributed by atoms with E-state index < -0.39 is 0 Å². The summed E-state index contributed by atoms with van der Waals surface area (Å²) >= 11 is 0. The van der Waals surface area contributed by atoms with E-state index in [0.717, 1.165) is 31.0 Å². The maximum atomic E-state index is 13.1. The predicted octanol–water partition coefficient (Wildman–Crippen LogP) is 2.85. The number of halogens is 1. The molecule has 2 aromatic carbocycles. The Morgan fingerprint density at radius 2 is 1.71 bits per heavy atom. The fraction of sp³-hybridized carbons (Fsp3) is 0.316. The van der Waals surface area contributed by atoms with Gasteiger partial charge < -0.3 is 14.7 Å². The van der Waals surface area contributed by atoms with Gasteiger partial charge in [-0.3, -0.25) is 4.79 Å². The molecule has 0 saturated heterocycles. The van der Waals surface area contributed by atoms with Crippen LogP contribution in [-0.2, 0) is 0 Å². The molecule has 24 heavy (non-hydrogen) atoms. The first-order valence-electron chi connectivity index (χ1n) is 8.12. The lowest BCUT2D eigenvalue weighted by Gasteiger charge is -2.38.